The molecule has 0 aliphatic heterocycles. The van der Waals surface area contributed by atoms with Gasteiger partial charge < -0.3 is 10.1 Å². The number of fused-ring (bicyclic) bond motifs is 3. The van der Waals surface area contributed by atoms with E-state index in [4.69, 9.17) is 5.11 Å². The number of alkyl halides is 3. The number of nitrogens with one attached hydrogen (secondary N) is 1. The highest BCUT2D eigenvalue weighted by Crippen LogP contribution is 2.38. The molecule has 0 saturated heterocycles. The summed E-state index contributed by atoms with van der Waals surface area (Å²) in [6.45, 7) is 0. The van der Waals surface area contributed by atoms with E-state index in [1.54, 1.807) is 24.3 Å². The lowest BCUT2D eigenvalue weighted by Crippen LogP contribution is -2.08. The number of aromatic carboxylic acids is 1. The molecule has 1 heterocycles. The standard InChI is InChI=1S/C14H8F3NO2/c15-14(16,17)10-6-7(13(19)20)5-9-8-3-1-2-4-11(8)18-12(9)10/h1-6,18H,(H,19,20). The van der Waals surface area contributed by atoms with Crippen molar-refractivity contribution in [2.75, 3.05) is 0 Å². The zero-order valence-corrected chi connectivity index (χ0v) is 9.95. The van der Waals surface area contributed by atoms with Gasteiger partial charge in [-0.15, -0.1) is 0 Å². The summed E-state index contributed by atoms with van der Waals surface area (Å²) in [5.41, 5.74) is -0.905. The number of aromatic nitrogens is 1. The third kappa shape index (κ3) is 1.80. The fourth-order valence-electron chi connectivity index (χ4n) is 2.30. The Kier molecular flexibility index (Phi) is 2.50. The Balaban J connectivity index is 2.50. The van der Waals surface area contributed by atoms with Gasteiger partial charge in [-0.25, -0.2) is 4.79 Å². The quantitative estimate of drug-likeness (QED) is 0.706. The smallest absolute Gasteiger partial charge is 0.418 e. The van der Waals surface area contributed by atoms with Crippen LogP contribution in [-0.4, -0.2) is 16.1 Å². The second-order valence-corrected chi connectivity index (χ2v) is 4.42. The van der Waals surface area contributed by atoms with Gasteiger partial charge in [0.25, 0.3) is 0 Å². The third-order valence-corrected chi connectivity index (χ3v) is 3.17. The molecule has 3 aromatic rings. The average molecular weight is 279 g/mol. The molecule has 0 bridgehead atoms. The predicted molar refractivity (Wildman–Crippen MR) is 67.8 cm³/mol. The first kappa shape index (κ1) is 12.5. The van der Waals surface area contributed by atoms with E-state index in [9.17, 15) is 18.0 Å². The third-order valence-electron chi connectivity index (χ3n) is 3.17. The van der Waals surface area contributed by atoms with E-state index in [2.05, 4.69) is 4.98 Å². The molecule has 0 fully saturated rings. The highest BCUT2D eigenvalue weighted by molar-refractivity contribution is 6.10. The number of carboxylic acids is 1. The zero-order chi connectivity index (χ0) is 14.5. The number of hydrogen-bond acceptors (Lipinski definition) is 1. The molecule has 0 aliphatic carbocycles. The lowest BCUT2D eigenvalue weighted by molar-refractivity contribution is -0.136. The van der Waals surface area contributed by atoms with Gasteiger partial charge in [-0.05, 0) is 18.2 Å². The van der Waals surface area contributed by atoms with Crippen molar-refractivity contribution in [2.24, 2.45) is 0 Å². The van der Waals surface area contributed by atoms with Crippen molar-refractivity contribution in [3.63, 3.8) is 0 Å². The van der Waals surface area contributed by atoms with Crippen molar-refractivity contribution < 1.29 is 23.1 Å². The Labute approximate surface area is 110 Å². The van der Waals surface area contributed by atoms with E-state index >= 15 is 0 Å². The fraction of sp³-hybridized carbons (Fsp3) is 0.0714. The predicted octanol–water partition coefficient (Wildman–Crippen LogP) is 4.04. The first-order chi connectivity index (χ1) is 9.38. The van der Waals surface area contributed by atoms with E-state index in [0.717, 1.165) is 0 Å². The van der Waals surface area contributed by atoms with Crippen molar-refractivity contribution >= 4 is 27.8 Å². The first-order valence-electron chi connectivity index (χ1n) is 5.73. The van der Waals surface area contributed by atoms with E-state index in [-0.39, 0.29) is 16.5 Å². The summed E-state index contributed by atoms with van der Waals surface area (Å²) >= 11 is 0. The van der Waals surface area contributed by atoms with Crippen LogP contribution in [-0.2, 0) is 6.18 Å². The first-order valence-corrected chi connectivity index (χ1v) is 5.73. The number of carbonyl (C=O) groups is 1. The lowest BCUT2D eigenvalue weighted by Gasteiger charge is -2.09. The average Bonchev–Trinajstić information content (AvgIpc) is 2.74. The Hall–Kier alpha value is -2.50. The summed E-state index contributed by atoms with van der Waals surface area (Å²) in [4.78, 5) is 13.7. The normalized spacial score (nSPS) is 12.2. The molecule has 20 heavy (non-hydrogen) atoms. The topological polar surface area (TPSA) is 53.1 Å². The molecule has 0 atom stereocenters. The molecule has 2 N–H and O–H groups in total. The van der Waals surface area contributed by atoms with Crippen LogP contribution >= 0.6 is 0 Å². The second-order valence-electron chi connectivity index (χ2n) is 4.42. The molecule has 2 aromatic carbocycles. The Morgan fingerprint density at radius 2 is 1.80 bits per heavy atom. The molecular formula is C14H8F3NO2. The highest BCUT2D eigenvalue weighted by Gasteiger charge is 2.34. The maximum absolute atomic E-state index is 13.1. The maximum Gasteiger partial charge on any atom is 0.418 e. The van der Waals surface area contributed by atoms with Gasteiger partial charge in [0.1, 0.15) is 0 Å². The van der Waals surface area contributed by atoms with Gasteiger partial charge in [-0.3, -0.25) is 0 Å². The number of para-hydroxylation sites is 1. The van der Waals surface area contributed by atoms with Crippen molar-refractivity contribution in [3.8, 4) is 0 Å². The van der Waals surface area contributed by atoms with Crippen molar-refractivity contribution in [1.29, 1.82) is 0 Å². The van der Waals surface area contributed by atoms with Crippen LogP contribution in [0.1, 0.15) is 15.9 Å². The monoisotopic (exact) mass is 279 g/mol. The van der Waals surface area contributed by atoms with Gasteiger partial charge in [0.05, 0.1) is 16.6 Å². The van der Waals surface area contributed by atoms with E-state index in [0.29, 0.717) is 17.0 Å². The molecule has 0 aliphatic rings. The second kappa shape index (κ2) is 4.00. The molecule has 0 spiro atoms. The van der Waals surface area contributed by atoms with E-state index < -0.39 is 17.7 Å². The number of aromatic amines is 1. The van der Waals surface area contributed by atoms with Crippen molar-refractivity contribution in [2.45, 2.75) is 6.18 Å². The molecule has 0 radical (unpaired) electrons. The largest absolute Gasteiger partial charge is 0.478 e. The number of carboxylic acid groups (broad SMARTS) is 1. The van der Waals surface area contributed by atoms with Crippen LogP contribution < -0.4 is 0 Å². The zero-order valence-electron chi connectivity index (χ0n) is 9.95. The number of H-pyrrole nitrogens is 1. The summed E-state index contributed by atoms with van der Waals surface area (Å²) in [6.07, 6.45) is -4.62. The minimum absolute atomic E-state index is 0.0938. The Morgan fingerprint density at radius 3 is 2.45 bits per heavy atom. The van der Waals surface area contributed by atoms with Crippen LogP contribution in [0.5, 0.6) is 0 Å². The molecule has 0 saturated carbocycles. The maximum atomic E-state index is 13.1. The Morgan fingerprint density at radius 1 is 1.10 bits per heavy atom. The highest BCUT2D eigenvalue weighted by atomic mass is 19.4. The van der Waals surface area contributed by atoms with Gasteiger partial charge in [0.2, 0.25) is 0 Å². The summed E-state index contributed by atoms with van der Waals surface area (Å²) in [6, 6.07) is 8.60. The van der Waals surface area contributed by atoms with Crippen LogP contribution in [0.4, 0.5) is 13.2 Å². The molecule has 102 valence electrons. The summed E-state index contributed by atoms with van der Waals surface area (Å²) in [5, 5.41) is 9.79. The van der Waals surface area contributed by atoms with E-state index in [1.807, 2.05) is 0 Å². The van der Waals surface area contributed by atoms with Crippen molar-refractivity contribution in [1.82, 2.24) is 4.98 Å². The van der Waals surface area contributed by atoms with Gasteiger partial charge in [-0.1, -0.05) is 18.2 Å². The van der Waals surface area contributed by atoms with Crippen LogP contribution in [0.3, 0.4) is 0 Å². The molecule has 3 nitrogen and oxygen atoms in total. The molecular weight excluding hydrogens is 271 g/mol. The molecule has 6 heteroatoms. The van der Waals surface area contributed by atoms with Gasteiger partial charge in [0.15, 0.2) is 0 Å². The summed E-state index contributed by atoms with van der Waals surface area (Å²) in [7, 11) is 0. The van der Waals surface area contributed by atoms with Crippen molar-refractivity contribution in [3.05, 3.63) is 47.5 Å². The summed E-state index contributed by atoms with van der Waals surface area (Å²) in [5.74, 6) is -1.39. The number of rotatable bonds is 1. The minimum atomic E-state index is -4.62. The van der Waals surface area contributed by atoms with Crippen LogP contribution in [0.15, 0.2) is 36.4 Å². The summed E-state index contributed by atoms with van der Waals surface area (Å²) < 4.78 is 39.2. The fourth-order valence-corrected chi connectivity index (χ4v) is 2.30. The SMILES string of the molecule is O=C(O)c1cc(C(F)(F)F)c2[nH]c3ccccc3c2c1. The van der Waals surface area contributed by atoms with Crippen LogP contribution in [0.2, 0.25) is 0 Å². The lowest BCUT2D eigenvalue weighted by atomic mass is 10.0. The van der Waals surface area contributed by atoms with E-state index in [1.165, 1.54) is 6.07 Å². The molecule has 0 unspecified atom stereocenters. The Bertz CT molecular complexity index is 833. The van der Waals surface area contributed by atoms with Crippen LogP contribution in [0, 0.1) is 0 Å². The molecule has 0 amide bonds. The van der Waals surface area contributed by atoms with Crippen LogP contribution in [0.25, 0.3) is 21.8 Å². The van der Waals surface area contributed by atoms with Gasteiger partial charge in [-0.2, -0.15) is 13.2 Å². The minimum Gasteiger partial charge on any atom is -0.478 e. The van der Waals surface area contributed by atoms with Gasteiger partial charge in [0, 0.05) is 16.3 Å². The van der Waals surface area contributed by atoms with Gasteiger partial charge >= 0.3 is 12.1 Å². The molecule has 1 aromatic heterocycles. The number of hydrogen-bond donors (Lipinski definition) is 2. The molecule has 3 rings (SSSR count). The number of benzene rings is 2. The number of halogens is 3.